The minimum atomic E-state index is -1.39. The van der Waals surface area contributed by atoms with E-state index in [9.17, 15) is 13.4 Å². The summed E-state index contributed by atoms with van der Waals surface area (Å²) >= 11 is 6.12. The van der Waals surface area contributed by atoms with Gasteiger partial charge in [-0.2, -0.15) is 0 Å². The fraction of sp³-hybridized carbons (Fsp3) is 0.536. The predicted molar refractivity (Wildman–Crippen MR) is 144 cm³/mol. The summed E-state index contributed by atoms with van der Waals surface area (Å²) < 4.78 is 28.1. The molecule has 1 aliphatic heterocycles. The predicted octanol–water partition coefficient (Wildman–Crippen LogP) is 6.47. The van der Waals surface area contributed by atoms with Crippen LogP contribution in [0.3, 0.4) is 0 Å². The Morgan fingerprint density at radius 2 is 1.61 bits per heavy atom. The third kappa shape index (κ3) is 5.42. The lowest BCUT2D eigenvalue weighted by Crippen LogP contribution is -2.61. The Labute approximate surface area is 220 Å². The van der Waals surface area contributed by atoms with E-state index in [-0.39, 0.29) is 28.6 Å². The molecule has 2 saturated carbocycles. The number of benzene rings is 2. The smallest absolute Gasteiger partial charge is 0.227 e. The summed E-state index contributed by atoms with van der Waals surface area (Å²) in [6, 6.07) is 12.4. The van der Waals surface area contributed by atoms with E-state index >= 15 is 0 Å². The number of anilines is 2. The monoisotopic (exact) mass is 531 g/mol. The van der Waals surface area contributed by atoms with E-state index in [1.54, 1.807) is 6.07 Å². The van der Waals surface area contributed by atoms with Gasteiger partial charge in [0, 0.05) is 17.0 Å². The minimum absolute atomic E-state index is 0.00163. The van der Waals surface area contributed by atoms with E-state index < -0.39 is 28.2 Å². The molecule has 3 N–H and O–H groups in total. The molecule has 3 aliphatic rings. The van der Waals surface area contributed by atoms with Crippen LogP contribution in [0, 0.1) is 17.7 Å². The van der Waals surface area contributed by atoms with Gasteiger partial charge in [-0.25, -0.2) is 4.39 Å². The quantitative estimate of drug-likeness (QED) is 0.383. The van der Waals surface area contributed by atoms with Crippen molar-refractivity contribution in [2.45, 2.75) is 80.8 Å². The molecule has 36 heavy (non-hydrogen) atoms. The second-order valence-corrected chi connectivity index (χ2v) is 12.4. The molecule has 0 bridgehead atoms. The Morgan fingerprint density at radius 1 is 1.00 bits per heavy atom. The lowest BCUT2D eigenvalue weighted by molar-refractivity contribution is -0.129. The summed E-state index contributed by atoms with van der Waals surface area (Å²) in [6.45, 7) is 0. The Bertz CT molecular complexity index is 1070. The number of rotatable bonds is 7. The zero-order valence-corrected chi connectivity index (χ0v) is 22.1. The van der Waals surface area contributed by atoms with Crippen LogP contribution in [0.25, 0.3) is 0 Å². The zero-order valence-electron chi connectivity index (χ0n) is 20.5. The summed E-state index contributed by atoms with van der Waals surface area (Å²) in [4.78, 5) is 14.8. The summed E-state index contributed by atoms with van der Waals surface area (Å²) in [5.41, 5.74) is 0.159. The fourth-order valence-electron chi connectivity index (χ4n) is 6.29. The molecule has 2 fully saturated rings. The third-order valence-electron chi connectivity index (χ3n) is 8.03. The summed E-state index contributed by atoms with van der Waals surface area (Å²) in [5.74, 6) is -0.695. The first kappa shape index (κ1) is 25.5. The van der Waals surface area contributed by atoms with Crippen LogP contribution in [0.2, 0.25) is 5.02 Å². The molecule has 0 spiro atoms. The highest BCUT2D eigenvalue weighted by Gasteiger charge is 2.52. The lowest BCUT2D eigenvalue weighted by atomic mass is 9.73. The third-order valence-corrected chi connectivity index (χ3v) is 9.83. The van der Waals surface area contributed by atoms with Gasteiger partial charge in [-0.3, -0.25) is 9.00 Å². The van der Waals surface area contributed by atoms with E-state index in [0.717, 1.165) is 57.8 Å². The number of hydrogen-bond donors (Lipinski definition) is 3. The molecular formula is C28H35ClFN3O2S. The van der Waals surface area contributed by atoms with Gasteiger partial charge in [0.05, 0.1) is 38.9 Å². The SMILES string of the molecule is O=C(NC1CCCCC1)C(C1CCCCC1)C1(CS(=O)c2ccccc2)Nc2cc(F)c(Cl)cc2N1. The molecule has 5 nitrogen and oxygen atoms in total. The standard InChI is InChI=1S/C28H35ClFN3O2S/c29-22-16-24-25(17-23(22)30)33-28(32-24,18-36(35)21-14-8-3-9-15-21)26(19-10-4-1-5-11-19)27(34)31-20-12-6-2-7-13-20/h3,8-9,14-17,19-20,26,32-33H,1-2,4-7,10-13,18H2,(H,31,34). The van der Waals surface area contributed by atoms with E-state index in [1.807, 2.05) is 30.3 Å². The number of hydrogen-bond acceptors (Lipinski definition) is 4. The number of nitrogens with one attached hydrogen (secondary N) is 3. The van der Waals surface area contributed by atoms with Gasteiger partial charge in [0.25, 0.3) is 0 Å². The van der Waals surface area contributed by atoms with Gasteiger partial charge in [0.1, 0.15) is 11.5 Å². The highest BCUT2D eigenvalue weighted by atomic mass is 35.5. The molecule has 1 heterocycles. The first-order chi connectivity index (χ1) is 17.4. The topological polar surface area (TPSA) is 70.2 Å². The second-order valence-electron chi connectivity index (χ2n) is 10.6. The number of amides is 1. The fourth-order valence-corrected chi connectivity index (χ4v) is 7.82. The first-order valence-electron chi connectivity index (χ1n) is 13.2. The number of halogens is 2. The number of fused-ring (bicyclic) bond motifs is 1. The Kier molecular flexibility index (Phi) is 7.87. The van der Waals surface area contributed by atoms with E-state index in [2.05, 4.69) is 16.0 Å². The summed E-state index contributed by atoms with van der Waals surface area (Å²) in [5, 5.41) is 10.4. The van der Waals surface area contributed by atoms with Gasteiger partial charge >= 0.3 is 0 Å². The molecule has 0 aromatic heterocycles. The van der Waals surface area contributed by atoms with Crippen molar-refractivity contribution in [1.29, 1.82) is 0 Å². The van der Waals surface area contributed by atoms with Gasteiger partial charge in [-0.05, 0) is 49.8 Å². The molecule has 0 radical (unpaired) electrons. The first-order valence-corrected chi connectivity index (χ1v) is 14.9. The Morgan fingerprint density at radius 3 is 2.28 bits per heavy atom. The van der Waals surface area contributed by atoms with Gasteiger partial charge < -0.3 is 16.0 Å². The van der Waals surface area contributed by atoms with Gasteiger partial charge in [0.15, 0.2) is 0 Å². The minimum Gasteiger partial charge on any atom is -0.360 e. The van der Waals surface area contributed by atoms with Crippen molar-refractivity contribution in [2.75, 3.05) is 16.4 Å². The summed E-state index contributed by atoms with van der Waals surface area (Å²) in [6.07, 6.45) is 10.6. The van der Waals surface area contributed by atoms with Gasteiger partial charge in [-0.1, -0.05) is 68.3 Å². The van der Waals surface area contributed by atoms with Crippen LogP contribution in [0.4, 0.5) is 15.8 Å². The highest BCUT2D eigenvalue weighted by molar-refractivity contribution is 7.85. The maximum absolute atomic E-state index is 14.4. The highest BCUT2D eigenvalue weighted by Crippen LogP contribution is 2.46. The van der Waals surface area contributed by atoms with Crippen molar-refractivity contribution in [3.05, 3.63) is 53.3 Å². The van der Waals surface area contributed by atoms with Crippen LogP contribution in [-0.4, -0.2) is 27.6 Å². The molecular weight excluding hydrogens is 497 g/mol. The van der Waals surface area contributed by atoms with Crippen molar-refractivity contribution in [3.63, 3.8) is 0 Å². The Balaban J connectivity index is 1.53. The van der Waals surface area contributed by atoms with E-state index in [4.69, 9.17) is 11.6 Å². The molecule has 1 amide bonds. The molecule has 3 unspecified atom stereocenters. The van der Waals surface area contributed by atoms with Gasteiger partial charge in [-0.15, -0.1) is 0 Å². The van der Waals surface area contributed by atoms with E-state index in [0.29, 0.717) is 16.3 Å². The van der Waals surface area contributed by atoms with Crippen molar-refractivity contribution >= 4 is 39.7 Å². The average molecular weight is 532 g/mol. The maximum atomic E-state index is 14.4. The van der Waals surface area contributed by atoms with Crippen LogP contribution < -0.4 is 16.0 Å². The molecule has 0 saturated heterocycles. The molecule has 2 aliphatic carbocycles. The van der Waals surface area contributed by atoms with Crippen molar-refractivity contribution in [2.24, 2.45) is 11.8 Å². The van der Waals surface area contributed by atoms with Crippen molar-refractivity contribution < 1.29 is 13.4 Å². The van der Waals surface area contributed by atoms with Crippen LogP contribution in [0.1, 0.15) is 64.2 Å². The molecule has 2 aromatic carbocycles. The largest absolute Gasteiger partial charge is 0.360 e. The van der Waals surface area contributed by atoms with Crippen molar-refractivity contribution in [3.8, 4) is 0 Å². The van der Waals surface area contributed by atoms with Crippen molar-refractivity contribution in [1.82, 2.24) is 5.32 Å². The van der Waals surface area contributed by atoms with Crippen LogP contribution in [-0.2, 0) is 15.6 Å². The second kappa shape index (κ2) is 11.1. The molecule has 194 valence electrons. The molecule has 8 heteroatoms. The zero-order chi connectivity index (χ0) is 25.1. The number of carbonyl (C=O) groups is 1. The molecule has 2 aromatic rings. The summed E-state index contributed by atoms with van der Waals surface area (Å²) in [7, 11) is -1.39. The van der Waals surface area contributed by atoms with Crippen LogP contribution >= 0.6 is 11.6 Å². The van der Waals surface area contributed by atoms with Gasteiger partial charge in [0.2, 0.25) is 5.91 Å². The van der Waals surface area contributed by atoms with E-state index in [1.165, 1.54) is 12.5 Å². The van der Waals surface area contributed by atoms with Crippen LogP contribution in [0.15, 0.2) is 47.4 Å². The van der Waals surface area contributed by atoms with Crippen LogP contribution in [0.5, 0.6) is 0 Å². The average Bonchev–Trinajstić information content (AvgIpc) is 3.23. The maximum Gasteiger partial charge on any atom is 0.227 e. The Hall–Kier alpha value is -2.12. The molecule has 3 atom stereocenters. The normalized spacial score (nSPS) is 24.3. The number of carbonyl (C=O) groups excluding carboxylic acids is 1. The molecule has 5 rings (SSSR count). The lowest BCUT2D eigenvalue weighted by Gasteiger charge is -2.43.